The maximum absolute atomic E-state index is 12.7. The summed E-state index contributed by atoms with van der Waals surface area (Å²) in [6.45, 7) is 0. The van der Waals surface area contributed by atoms with Crippen LogP contribution in [0.15, 0.2) is 18.2 Å². The van der Waals surface area contributed by atoms with Gasteiger partial charge in [0, 0.05) is 5.56 Å². The SMILES string of the molecule is COc1cccc2c1C(=O)c1c(O)c(O)c(C=O)c(O)c1C2=O. The summed E-state index contributed by atoms with van der Waals surface area (Å²) in [5.41, 5.74) is -1.85. The fraction of sp³-hybridized carbons (Fsp3) is 0.0625. The Morgan fingerprint density at radius 2 is 1.57 bits per heavy atom. The van der Waals surface area contributed by atoms with Crippen LogP contribution in [0.1, 0.15) is 42.2 Å². The number of benzene rings is 2. The molecule has 0 radical (unpaired) electrons. The van der Waals surface area contributed by atoms with Crippen molar-refractivity contribution in [1.29, 1.82) is 0 Å². The molecule has 0 atom stereocenters. The quantitative estimate of drug-likeness (QED) is 0.371. The highest BCUT2D eigenvalue weighted by Crippen LogP contribution is 2.46. The van der Waals surface area contributed by atoms with Crippen LogP contribution in [-0.4, -0.2) is 40.3 Å². The van der Waals surface area contributed by atoms with Gasteiger partial charge in [0.15, 0.2) is 23.6 Å². The lowest BCUT2D eigenvalue weighted by Crippen LogP contribution is -2.22. The van der Waals surface area contributed by atoms with Gasteiger partial charge in [-0.15, -0.1) is 0 Å². The molecule has 1 aliphatic rings. The number of rotatable bonds is 2. The molecule has 0 saturated heterocycles. The molecule has 0 heterocycles. The molecule has 3 rings (SSSR count). The lowest BCUT2D eigenvalue weighted by atomic mass is 9.81. The number of aromatic hydroxyl groups is 3. The van der Waals surface area contributed by atoms with Gasteiger partial charge in [0.05, 0.1) is 23.8 Å². The maximum Gasteiger partial charge on any atom is 0.202 e. The second kappa shape index (κ2) is 4.84. The topological polar surface area (TPSA) is 121 Å². The second-order valence-electron chi connectivity index (χ2n) is 4.87. The number of phenols is 3. The third kappa shape index (κ3) is 1.73. The molecule has 0 amide bonds. The molecule has 7 nitrogen and oxygen atoms in total. The van der Waals surface area contributed by atoms with Crippen LogP contribution in [0.5, 0.6) is 23.0 Å². The Kier molecular flexibility index (Phi) is 3.07. The Hall–Kier alpha value is -3.35. The molecular formula is C16H10O7. The predicted octanol–water partition coefficient (Wildman–Crippen LogP) is 1.40. The van der Waals surface area contributed by atoms with Crippen LogP contribution in [0.4, 0.5) is 0 Å². The van der Waals surface area contributed by atoms with Crippen molar-refractivity contribution < 1.29 is 34.4 Å². The van der Waals surface area contributed by atoms with Crippen LogP contribution in [0.25, 0.3) is 0 Å². The molecular weight excluding hydrogens is 304 g/mol. The fourth-order valence-corrected chi connectivity index (χ4v) is 2.67. The average molecular weight is 314 g/mol. The van der Waals surface area contributed by atoms with E-state index in [1.54, 1.807) is 0 Å². The molecule has 0 aliphatic heterocycles. The van der Waals surface area contributed by atoms with Crippen molar-refractivity contribution in [1.82, 2.24) is 0 Å². The molecule has 0 aromatic heterocycles. The third-order valence-electron chi connectivity index (χ3n) is 3.75. The molecule has 1 aliphatic carbocycles. The van der Waals surface area contributed by atoms with Gasteiger partial charge in [0.1, 0.15) is 17.1 Å². The molecule has 2 aromatic rings. The highest BCUT2D eigenvalue weighted by molar-refractivity contribution is 6.32. The lowest BCUT2D eigenvalue weighted by Gasteiger charge is -2.22. The smallest absolute Gasteiger partial charge is 0.202 e. The van der Waals surface area contributed by atoms with E-state index in [0.717, 1.165) is 0 Å². The molecule has 0 bridgehead atoms. The first-order chi connectivity index (χ1) is 10.9. The molecule has 0 fully saturated rings. The van der Waals surface area contributed by atoms with Crippen molar-refractivity contribution in [3.05, 3.63) is 46.0 Å². The van der Waals surface area contributed by atoms with Gasteiger partial charge in [-0.05, 0) is 6.07 Å². The molecule has 0 spiro atoms. The normalized spacial score (nSPS) is 12.6. The van der Waals surface area contributed by atoms with E-state index < -0.39 is 45.5 Å². The highest BCUT2D eigenvalue weighted by Gasteiger charge is 2.39. The Bertz CT molecular complexity index is 896. The largest absolute Gasteiger partial charge is 0.506 e. The summed E-state index contributed by atoms with van der Waals surface area (Å²) in [6, 6.07) is 4.32. The summed E-state index contributed by atoms with van der Waals surface area (Å²) >= 11 is 0. The van der Waals surface area contributed by atoms with Gasteiger partial charge in [-0.2, -0.15) is 0 Å². The highest BCUT2D eigenvalue weighted by atomic mass is 16.5. The van der Waals surface area contributed by atoms with Crippen LogP contribution < -0.4 is 4.74 Å². The average Bonchev–Trinajstić information content (AvgIpc) is 2.55. The van der Waals surface area contributed by atoms with Gasteiger partial charge >= 0.3 is 0 Å². The number of fused-ring (bicyclic) bond motifs is 2. The van der Waals surface area contributed by atoms with E-state index in [1.165, 1.54) is 25.3 Å². The van der Waals surface area contributed by atoms with E-state index in [0.29, 0.717) is 0 Å². The minimum absolute atomic E-state index is 0.0286. The van der Waals surface area contributed by atoms with Gasteiger partial charge in [-0.3, -0.25) is 14.4 Å². The summed E-state index contributed by atoms with van der Waals surface area (Å²) in [5, 5.41) is 29.9. The van der Waals surface area contributed by atoms with Crippen molar-refractivity contribution >= 4 is 17.9 Å². The standard InChI is InChI=1S/C16H10O7/c1-23-8-4-2-3-6-9(8)15(21)11-10(12(6)18)13(19)7(5-17)14(20)16(11)22/h2-5,19-20,22H,1H3. The summed E-state index contributed by atoms with van der Waals surface area (Å²) in [4.78, 5) is 36.2. The molecule has 3 N–H and O–H groups in total. The maximum atomic E-state index is 12.7. The van der Waals surface area contributed by atoms with E-state index >= 15 is 0 Å². The van der Waals surface area contributed by atoms with Crippen LogP contribution in [0, 0.1) is 0 Å². The van der Waals surface area contributed by atoms with E-state index in [1.807, 2.05) is 0 Å². The summed E-state index contributed by atoms with van der Waals surface area (Å²) < 4.78 is 5.06. The zero-order valence-electron chi connectivity index (χ0n) is 11.8. The van der Waals surface area contributed by atoms with E-state index in [9.17, 15) is 29.7 Å². The summed E-state index contributed by atoms with van der Waals surface area (Å²) in [6.07, 6.45) is 0.0868. The number of methoxy groups -OCH3 is 1. The van der Waals surface area contributed by atoms with Crippen molar-refractivity contribution in [2.75, 3.05) is 7.11 Å². The number of hydrogen-bond acceptors (Lipinski definition) is 7. The van der Waals surface area contributed by atoms with Crippen LogP contribution >= 0.6 is 0 Å². The van der Waals surface area contributed by atoms with Gasteiger partial charge in [-0.1, -0.05) is 12.1 Å². The monoisotopic (exact) mass is 314 g/mol. The Balaban J connectivity index is 2.45. The first kappa shape index (κ1) is 14.6. The van der Waals surface area contributed by atoms with Crippen LogP contribution in [0.3, 0.4) is 0 Å². The first-order valence-corrected chi connectivity index (χ1v) is 6.46. The molecule has 7 heteroatoms. The van der Waals surface area contributed by atoms with E-state index in [-0.39, 0.29) is 23.2 Å². The molecule has 2 aromatic carbocycles. The zero-order valence-corrected chi connectivity index (χ0v) is 11.8. The Morgan fingerprint density at radius 1 is 0.913 bits per heavy atom. The van der Waals surface area contributed by atoms with Gasteiger partial charge in [-0.25, -0.2) is 0 Å². The van der Waals surface area contributed by atoms with Crippen molar-refractivity contribution in [3.8, 4) is 23.0 Å². The number of phenolic OH excluding ortho intramolecular Hbond substituents is 3. The first-order valence-electron chi connectivity index (χ1n) is 6.46. The van der Waals surface area contributed by atoms with Crippen molar-refractivity contribution in [2.45, 2.75) is 0 Å². The fourth-order valence-electron chi connectivity index (χ4n) is 2.67. The number of hydrogen-bond donors (Lipinski definition) is 3. The lowest BCUT2D eigenvalue weighted by molar-refractivity contribution is 0.0970. The predicted molar refractivity (Wildman–Crippen MR) is 76.7 cm³/mol. The number of ketones is 2. The Morgan fingerprint density at radius 3 is 2.17 bits per heavy atom. The van der Waals surface area contributed by atoms with Gasteiger partial charge < -0.3 is 20.1 Å². The number of aldehydes is 1. The second-order valence-corrected chi connectivity index (χ2v) is 4.87. The van der Waals surface area contributed by atoms with E-state index in [4.69, 9.17) is 4.74 Å². The van der Waals surface area contributed by atoms with Crippen molar-refractivity contribution in [2.24, 2.45) is 0 Å². The molecule has 23 heavy (non-hydrogen) atoms. The van der Waals surface area contributed by atoms with Crippen LogP contribution in [0.2, 0.25) is 0 Å². The van der Waals surface area contributed by atoms with E-state index in [2.05, 4.69) is 0 Å². The van der Waals surface area contributed by atoms with Gasteiger partial charge in [0.25, 0.3) is 0 Å². The number of ether oxygens (including phenoxy) is 1. The molecule has 0 saturated carbocycles. The number of carbonyl (C=O) groups excluding carboxylic acids is 3. The summed E-state index contributed by atoms with van der Waals surface area (Å²) in [5.74, 6) is -4.19. The number of carbonyl (C=O) groups is 3. The van der Waals surface area contributed by atoms with Crippen molar-refractivity contribution in [3.63, 3.8) is 0 Å². The third-order valence-corrected chi connectivity index (χ3v) is 3.75. The minimum Gasteiger partial charge on any atom is -0.506 e. The minimum atomic E-state index is -0.962. The molecule has 0 unspecified atom stereocenters. The molecule has 116 valence electrons. The summed E-state index contributed by atoms with van der Waals surface area (Å²) in [7, 11) is 1.31. The van der Waals surface area contributed by atoms with Crippen LogP contribution in [-0.2, 0) is 0 Å². The van der Waals surface area contributed by atoms with Gasteiger partial charge in [0.2, 0.25) is 5.78 Å². The zero-order chi connectivity index (χ0) is 16.9. The Labute approximate surface area is 129 Å².